The number of hydrogen-bond donors (Lipinski definition) is 1. The van der Waals surface area contributed by atoms with Gasteiger partial charge in [0.25, 0.3) is 5.91 Å². The highest BCUT2D eigenvalue weighted by Crippen LogP contribution is 2.41. The van der Waals surface area contributed by atoms with E-state index in [0.29, 0.717) is 41.2 Å². The van der Waals surface area contributed by atoms with Crippen molar-refractivity contribution in [1.82, 2.24) is 9.80 Å². The average molecular weight is 370 g/mol. The fraction of sp³-hybridized carbons (Fsp3) is 0.350. The molecule has 3 rings (SSSR count). The molecule has 1 aromatic carbocycles. The van der Waals surface area contributed by atoms with Gasteiger partial charge in [0.15, 0.2) is 12.2 Å². The first-order chi connectivity index (χ1) is 13.0. The number of likely N-dealkylation sites (N-methyl/N-ethyl adjacent to an activating group) is 1. The summed E-state index contributed by atoms with van der Waals surface area (Å²) in [6.45, 7) is 7.28. The summed E-state index contributed by atoms with van der Waals surface area (Å²) in [5, 5.41) is 2.89. The fourth-order valence-electron chi connectivity index (χ4n) is 3.37. The van der Waals surface area contributed by atoms with Crippen LogP contribution < -0.4 is 9.80 Å². The van der Waals surface area contributed by atoms with Crippen molar-refractivity contribution in [2.45, 2.75) is 27.3 Å². The fourth-order valence-corrected chi connectivity index (χ4v) is 3.37. The number of nitrogens with zero attached hydrogens (tertiary/aromatic N) is 2. The van der Waals surface area contributed by atoms with Crippen LogP contribution in [0.15, 0.2) is 46.0 Å². The summed E-state index contributed by atoms with van der Waals surface area (Å²) in [5.41, 5.74) is 2.08. The van der Waals surface area contributed by atoms with Gasteiger partial charge in [0, 0.05) is 13.0 Å². The second-order valence-corrected chi connectivity index (χ2v) is 6.38. The third kappa shape index (κ3) is 3.64. The quantitative estimate of drug-likeness (QED) is 0.600. The van der Waals surface area contributed by atoms with Crippen LogP contribution in [0, 0.1) is 0 Å². The zero-order valence-corrected chi connectivity index (χ0v) is 15.8. The van der Waals surface area contributed by atoms with E-state index >= 15 is 0 Å². The normalized spacial score (nSPS) is 18.0. The molecule has 27 heavy (non-hydrogen) atoms. The Hall–Kier alpha value is -2.93. The van der Waals surface area contributed by atoms with Crippen LogP contribution in [0.5, 0.6) is 0 Å². The molecule has 0 saturated carbocycles. The maximum Gasteiger partial charge on any atom is 0.338 e. The van der Waals surface area contributed by atoms with Crippen molar-refractivity contribution in [3.63, 3.8) is 0 Å². The van der Waals surface area contributed by atoms with Gasteiger partial charge in [-0.25, -0.2) is 9.28 Å². The molecular weight excluding hydrogens is 346 g/mol. The van der Waals surface area contributed by atoms with E-state index in [-0.39, 0.29) is 18.4 Å². The van der Waals surface area contributed by atoms with Crippen LogP contribution in [-0.2, 0) is 16.1 Å². The molecule has 1 aromatic heterocycles. The number of benzene rings is 1. The van der Waals surface area contributed by atoms with Gasteiger partial charge in [0.1, 0.15) is 11.4 Å². The van der Waals surface area contributed by atoms with Gasteiger partial charge in [-0.3, -0.25) is 4.79 Å². The van der Waals surface area contributed by atoms with E-state index in [1.54, 1.807) is 31.4 Å². The summed E-state index contributed by atoms with van der Waals surface area (Å²) in [6, 6.07) is 8.93. The van der Waals surface area contributed by atoms with Crippen LogP contribution in [-0.4, -0.2) is 37.4 Å². The van der Waals surface area contributed by atoms with Crippen molar-refractivity contribution < 1.29 is 18.7 Å². The number of quaternary nitrogens is 1. The number of nitrogens with one attached hydrogen (secondary N) is 1. The molecule has 0 spiro atoms. The Labute approximate surface area is 158 Å². The van der Waals surface area contributed by atoms with Crippen LogP contribution in [0.25, 0.3) is 0 Å². The Morgan fingerprint density at radius 3 is 2.74 bits per heavy atom. The number of carbonyl (C=O) groups excluding carboxylic acids is 2. The van der Waals surface area contributed by atoms with Gasteiger partial charge in [-0.15, -0.1) is 0 Å². The maximum absolute atomic E-state index is 12.6. The number of hydrogen-bond acceptors (Lipinski definition) is 5. The number of carbonyl (C=O) groups is 2. The van der Waals surface area contributed by atoms with Gasteiger partial charge in [-0.2, -0.15) is 4.99 Å². The van der Waals surface area contributed by atoms with Gasteiger partial charge in [0.2, 0.25) is 5.84 Å². The minimum Gasteiger partial charge on any atom is -0.467 e. The zero-order chi connectivity index (χ0) is 19.4. The molecule has 0 radical (unpaired) electrons. The minimum absolute atomic E-state index is 0.0925. The first-order valence-corrected chi connectivity index (χ1v) is 9.04. The molecule has 7 heteroatoms. The molecule has 1 N–H and O–H groups in total. The number of fused-ring (bicyclic) bond motifs is 1. The van der Waals surface area contributed by atoms with Crippen molar-refractivity contribution >= 4 is 29.1 Å². The molecule has 0 bridgehead atoms. The lowest BCUT2D eigenvalue weighted by Crippen LogP contribution is -2.56. The van der Waals surface area contributed by atoms with E-state index in [9.17, 15) is 9.59 Å². The van der Waals surface area contributed by atoms with Crippen LogP contribution >= 0.6 is 0 Å². The molecule has 0 saturated heterocycles. The van der Waals surface area contributed by atoms with Crippen LogP contribution in [0.4, 0.5) is 11.4 Å². The number of amides is 1. The maximum atomic E-state index is 12.6. The van der Waals surface area contributed by atoms with Crippen molar-refractivity contribution in [1.29, 1.82) is 0 Å². The largest absolute Gasteiger partial charge is 0.467 e. The summed E-state index contributed by atoms with van der Waals surface area (Å²) in [5.74, 6) is 1.07. The summed E-state index contributed by atoms with van der Waals surface area (Å²) < 4.78 is 10.6. The number of amidine groups is 1. The molecule has 1 aliphatic rings. The second kappa shape index (κ2) is 7.75. The molecule has 2 aromatic rings. The van der Waals surface area contributed by atoms with Crippen molar-refractivity contribution in [3.05, 3.63) is 47.9 Å². The highest BCUT2D eigenvalue weighted by molar-refractivity contribution is 6.05. The summed E-state index contributed by atoms with van der Waals surface area (Å²) in [7, 11) is 0. The smallest absolute Gasteiger partial charge is 0.338 e. The third-order valence-electron chi connectivity index (χ3n) is 4.84. The number of aliphatic imine (C=N–C) groups is 1. The molecule has 0 fully saturated rings. The molecule has 142 valence electrons. The highest BCUT2D eigenvalue weighted by Gasteiger charge is 2.42. The van der Waals surface area contributed by atoms with Gasteiger partial charge in [0.05, 0.1) is 31.5 Å². The lowest BCUT2D eigenvalue weighted by Gasteiger charge is -2.32. The number of esters is 1. The summed E-state index contributed by atoms with van der Waals surface area (Å²) >= 11 is 0. The van der Waals surface area contributed by atoms with E-state index in [2.05, 4.69) is 10.3 Å². The standard InChI is InChI=1S/C20H23N3O4/c1-4-23(13-19(24)21-12-16-7-6-10-27-16)14(3)22-17-11-15(8-9-18(17)23)20(25)26-5-2/h6-11H,4-5,12-13H2,1-3H3/p+1. The van der Waals surface area contributed by atoms with E-state index < -0.39 is 0 Å². The van der Waals surface area contributed by atoms with Gasteiger partial charge >= 0.3 is 5.97 Å². The molecule has 2 heterocycles. The summed E-state index contributed by atoms with van der Waals surface area (Å²) in [4.78, 5) is 29.2. The first-order valence-electron chi connectivity index (χ1n) is 9.04. The molecule has 0 aliphatic carbocycles. The SMILES string of the molecule is CCOC(=O)c1ccc2c(c1)N=C(C)[N+]2(CC)CC(=O)NCc1ccco1. The van der Waals surface area contributed by atoms with Crippen molar-refractivity contribution in [2.24, 2.45) is 4.99 Å². The Morgan fingerprint density at radius 2 is 2.07 bits per heavy atom. The zero-order valence-electron chi connectivity index (χ0n) is 15.8. The van der Waals surface area contributed by atoms with E-state index in [1.165, 1.54) is 0 Å². The monoisotopic (exact) mass is 370 g/mol. The Morgan fingerprint density at radius 1 is 1.26 bits per heavy atom. The van der Waals surface area contributed by atoms with E-state index in [0.717, 1.165) is 11.5 Å². The molecule has 1 aliphatic heterocycles. The number of furan rings is 1. The number of rotatable bonds is 7. The average Bonchev–Trinajstić information content (AvgIpc) is 3.26. The highest BCUT2D eigenvalue weighted by atomic mass is 16.5. The van der Waals surface area contributed by atoms with Crippen LogP contribution in [0.3, 0.4) is 0 Å². The Balaban J connectivity index is 1.80. The van der Waals surface area contributed by atoms with Gasteiger partial charge in [-0.1, -0.05) is 0 Å². The van der Waals surface area contributed by atoms with Crippen LogP contribution in [0.2, 0.25) is 0 Å². The lowest BCUT2D eigenvalue weighted by atomic mass is 10.1. The first kappa shape index (κ1) is 18.8. The molecule has 1 atom stereocenters. The minimum atomic E-state index is -0.370. The van der Waals surface area contributed by atoms with Crippen LogP contribution in [0.1, 0.15) is 36.9 Å². The van der Waals surface area contributed by atoms with Gasteiger partial charge < -0.3 is 14.5 Å². The van der Waals surface area contributed by atoms with Crippen molar-refractivity contribution in [3.8, 4) is 0 Å². The predicted octanol–water partition coefficient (Wildman–Crippen LogP) is 3.16. The third-order valence-corrected chi connectivity index (χ3v) is 4.84. The van der Waals surface area contributed by atoms with E-state index in [1.807, 2.05) is 26.0 Å². The Bertz CT molecular complexity index is 873. The molecule has 1 unspecified atom stereocenters. The molecule has 7 nitrogen and oxygen atoms in total. The molecule has 1 amide bonds. The van der Waals surface area contributed by atoms with E-state index in [4.69, 9.17) is 9.15 Å². The topological polar surface area (TPSA) is 80.9 Å². The number of ether oxygens (including phenoxy) is 1. The molecular formula is C20H24N3O4+. The Kier molecular flexibility index (Phi) is 5.41. The van der Waals surface area contributed by atoms with Gasteiger partial charge in [-0.05, 0) is 38.1 Å². The van der Waals surface area contributed by atoms with Crippen molar-refractivity contribution in [2.75, 3.05) is 19.7 Å². The second-order valence-electron chi connectivity index (χ2n) is 6.38. The predicted molar refractivity (Wildman–Crippen MR) is 103 cm³/mol. The lowest BCUT2D eigenvalue weighted by molar-refractivity contribution is -0.121. The summed E-state index contributed by atoms with van der Waals surface area (Å²) in [6.07, 6.45) is 1.58.